The van der Waals surface area contributed by atoms with Gasteiger partial charge in [0.25, 0.3) is 0 Å². The minimum absolute atomic E-state index is 0.290. The van der Waals surface area contributed by atoms with Crippen molar-refractivity contribution >= 4 is 5.69 Å². The van der Waals surface area contributed by atoms with E-state index in [1.807, 2.05) is 12.1 Å². The van der Waals surface area contributed by atoms with Crippen LogP contribution in [0.1, 0.15) is 36.0 Å². The summed E-state index contributed by atoms with van der Waals surface area (Å²) >= 11 is 0. The fourth-order valence-corrected chi connectivity index (χ4v) is 2.11. The maximum absolute atomic E-state index is 10.6. The summed E-state index contributed by atoms with van der Waals surface area (Å²) in [6, 6.07) is 5.64. The van der Waals surface area contributed by atoms with Crippen molar-refractivity contribution < 1.29 is 0 Å². The fourth-order valence-electron chi connectivity index (χ4n) is 2.11. The van der Waals surface area contributed by atoms with E-state index >= 15 is 0 Å². The Bertz CT molecular complexity index is 432. The SMILES string of the molecule is N#Cc1cc2c(cc1N=O)CCCCC2. The zero-order valence-electron chi connectivity index (χ0n) is 8.49. The van der Waals surface area contributed by atoms with Gasteiger partial charge >= 0.3 is 0 Å². The highest BCUT2D eigenvalue weighted by atomic mass is 16.3. The molecule has 0 saturated heterocycles. The molecule has 1 aromatic carbocycles. The molecule has 2 rings (SSSR count). The van der Waals surface area contributed by atoms with Crippen molar-refractivity contribution in [3.8, 4) is 6.07 Å². The van der Waals surface area contributed by atoms with Crippen molar-refractivity contribution in [1.29, 1.82) is 5.26 Å². The number of hydrogen-bond donors (Lipinski definition) is 0. The summed E-state index contributed by atoms with van der Waals surface area (Å²) in [7, 11) is 0. The molecule has 15 heavy (non-hydrogen) atoms. The van der Waals surface area contributed by atoms with Gasteiger partial charge in [-0.2, -0.15) is 5.26 Å². The smallest absolute Gasteiger partial charge is 0.126 e. The van der Waals surface area contributed by atoms with Gasteiger partial charge in [-0.3, -0.25) is 0 Å². The molecule has 3 heteroatoms. The van der Waals surface area contributed by atoms with Crippen molar-refractivity contribution in [3.63, 3.8) is 0 Å². The molecule has 0 saturated carbocycles. The molecule has 0 N–H and O–H groups in total. The Kier molecular flexibility index (Phi) is 2.77. The van der Waals surface area contributed by atoms with Crippen molar-refractivity contribution in [2.75, 3.05) is 0 Å². The minimum atomic E-state index is 0.290. The highest BCUT2D eigenvalue weighted by Crippen LogP contribution is 2.28. The van der Waals surface area contributed by atoms with Crippen LogP contribution in [0.5, 0.6) is 0 Å². The third kappa shape index (κ3) is 1.89. The Morgan fingerprint density at radius 2 is 1.80 bits per heavy atom. The normalized spacial score (nSPS) is 14.9. The number of aryl methyl sites for hydroxylation is 2. The van der Waals surface area contributed by atoms with E-state index < -0.39 is 0 Å². The van der Waals surface area contributed by atoms with Crippen LogP contribution in [0.15, 0.2) is 17.3 Å². The molecule has 1 aromatic rings. The quantitative estimate of drug-likeness (QED) is 0.516. The zero-order valence-corrected chi connectivity index (χ0v) is 8.49. The van der Waals surface area contributed by atoms with Crippen molar-refractivity contribution in [2.24, 2.45) is 5.18 Å². The molecule has 0 radical (unpaired) electrons. The number of nitriles is 1. The number of nitrogens with zero attached hydrogens (tertiary/aromatic N) is 2. The molecule has 1 aliphatic carbocycles. The van der Waals surface area contributed by atoms with Crippen LogP contribution in [0.2, 0.25) is 0 Å². The lowest BCUT2D eigenvalue weighted by Gasteiger charge is -2.06. The lowest BCUT2D eigenvalue weighted by atomic mass is 9.99. The van der Waals surface area contributed by atoms with Gasteiger partial charge in [0.1, 0.15) is 11.8 Å². The maximum atomic E-state index is 10.6. The van der Waals surface area contributed by atoms with Gasteiger partial charge in [0.2, 0.25) is 0 Å². The van der Waals surface area contributed by atoms with Crippen molar-refractivity contribution in [2.45, 2.75) is 32.1 Å². The molecule has 0 aliphatic heterocycles. The Labute approximate surface area is 88.7 Å². The van der Waals surface area contributed by atoms with Crippen molar-refractivity contribution in [3.05, 3.63) is 33.7 Å². The van der Waals surface area contributed by atoms with Gasteiger partial charge in [-0.05, 0) is 54.1 Å². The van der Waals surface area contributed by atoms with Gasteiger partial charge < -0.3 is 0 Å². The summed E-state index contributed by atoms with van der Waals surface area (Å²) in [5.74, 6) is 0. The van der Waals surface area contributed by atoms with Gasteiger partial charge in [0.05, 0.1) is 5.56 Å². The van der Waals surface area contributed by atoms with Crippen LogP contribution in [0.4, 0.5) is 5.69 Å². The van der Waals surface area contributed by atoms with Crippen LogP contribution in [0.25, 0.3) is 0 Å². The van der Waals surface area contributed by atoms with Gasteiger partial charge in [0, 0.05) is 0 Å². The minimum Gasteiger partial charge on any atom is -0.192 e. The lowest BCUT2D eigenvalue weighted by Crippen LogP contribution is -1.92. The molecular formula is C12H12N2O. The van der Waals surface area contributed by atoms with E-state index in [-0.39, 0.29) is 5.69 Å². The van der Waals surface area contributed by atoms with E-state index in [1.165, 1.54) is 24.0 Å². The van der Waals surface area contributed by atoms with Gasteiger partial charge in [-0.15, -0.1) is 4.91 Å². The number of hydrogen-bond acceptors (Lipinski definition) is 3. The number of benzene rings is 1. The second-order valence-corrected chi connectivity index (χ2v) is 3.90. The molecular weight excluding hydrogens is 188 g/mol. The predicted molar refractivity (Wildman–Crippen MR) is 57.9 cm³/mol. The Hall–Kier alpha value is -1.69. The molecule has 0 amide bonds. The van der Waals surface area contributed by atoms with E-state index in [2.05, 4.69) is 5.18 Å². The molecule has 0 atom stereocenters. The highest BCUT2D eigenvalue weighted by molar-refractivity contribution is 5.57. The summed E-state index contributed by atoms with van der Waals surface area (Å²) < 4.78 is 0. The molecule has 0 fully saturated rings. The predicted octanol–water partition coefficient (Wildman–Crippen LogP) is 3.23. The Morgan fingerprint density at radius 3 is 2.40 bits per heavy atom. The standard InChI is InChI=1S/C12H12N2O/c13-8-11-6-9-4-2-1-3-5-10(9)7-12(11)14-15/h6-7H,1-5H2. The Morgan fingerprint density at radius 1 is 1.13 bits per heavy atom. The van der Waals surface area contributed by atoms with Gasteiger partial charge in [-0.1, -0.05) is 6.42 Å². The lowest BCUT2D eigenvalue weighted by molar-refractivity contribution is 0.711. The zero-order chi connectivity index (χ0) is 10.7. The highest BCUT2D eigenvalue weighted by Gasteiger charge is 2.12. The van der Waals surface area contributed by atoms with Crippen LogP contribution in [-0.4, -0.2) is 0 Å². The van der Waals surface area contributed by atoms with Crippen molar-refractivity contribution in [1.82, 2.24) is 0 Å². The second-order valence-electron chi connectivity index (χ2n) is 3.90. The van der Waals surface area contributed by atoms with Crippen LogP contribution in [0.3, 0.4) is 0 Å². The van der Waals surface area contributed by atoms with Crippen LogP contribution in [-0.2, 0) is 12.8 Å². The topological polar surface area (TPSA) is 53.2 Å². The largest absolute Gasteiger partial charge is 0.192 e. The average molecular weight is 200 g/mol. The number of fused-ring (bicyclic) bond motifs is 1. The summed E-state index contributed by atoms with van der Waals surface area (Å²) in [6.45, 7) is 0. The summed E-state index contributed by atoms with van der Waals surface area (Å²) in [6.07, 6.45) is 5.58. The Balaban J connectivity index is 2.51. The number of nitroso groups, excluding NO2 is 1. The third-order valence-corrected chi connectivity index (χ3v) is 2.93. The molecule has 1 aliphatic rings. The van der Waals surface area contributed by atoms with E-state index in [4.69, 9.17) is 5.26 Å². The van der Waals surface area contributed by atoms with Gasteiger partial charge in [0.15, 0.2) is 0 Å². The summed E-state index contributed by atoms with van der Waals surface area (Å²) in [5.41, 5.74) is 3.11. The van der Waals surface area contributed by atoms with E-state index in [9.17, 15) is 4.91 Å². The van der Waals surface area contributed by atoms with E-state index in [1.54, 1.807) is 6.07 Å². The first-order chi connectivity index (χ1) is 7.35. The third-order valence-electron chi connectivity index (χ3n) is 2.93. The van der Waals surface area contributed by atoms with E-state index in [0.717, 1.165) is 19.3 Å². The van der Waals surface area contributed by atoms with E-state index in [0.29, 0.717) is 5.56 Å². The summed E-state index contributed by atoms with van der Waals surface area (Å²) in [4.78, 5) is 10.6. The van der Waals surface area contributed by atoms with Crippen LogP contribution >= 0.6 is 0 Å². The molecule has 0 aromatic heterocycles. The summed E-state index contributed by atoms with van der Waals surface area (Å²) in [5, 5.41) is 11.8. The average Bonchev–Trinajstić information content (AvgIpc) is 2.51. The fraction of sp³-hybridized carbons (Fsp3) is 0.417. The van der Waals surface area contributed by atoms with Gasteiger partial charge in [-0.25, -0.2) is 0 Å². The first kappa shape index (κ1) is 9.85. The first-order valence-corrected chi connectivity index (χ1v) is 5.24. The molecule has 0 unspecified atom stereocenters. The molecule has 3 nitrogen and oxygen atoms in total. The molecule has 76 valence electrons. The molecule has 0 spiro atoms. The molecule has 0 bridgehead atoms. The second kappa shape index (κ2) is 4.22. The molecule has 0 heterocycles. The monoisotopic (exact) mass is 200 g/mol. The number of rotatable bonds is 1. The first-order valence-electron chi connectivity index (χ1n) is 5.24. The van der Waals surface area contributed by atoms with Crippen LogP contribution in [0, 0.1) is 16.2 Å². The maximum Gasteiger partial charge on any atom is 0.126 e. The van der Waals surface area contributed by atoms with Crippen LogP contribution < -0.4 is 0 Å².